The predicted molar refractivity (Wildman–Crippen MR) is 108 cm³/mol. The molecule has 2 bridgehead atoms. The summed E-state index contributed by atoms with van der Waals surface area (Å²) in [5, 5.41) is 2.53. The van der Waals surface area contributed by atoms with Gasteiger partial charge in [-0.25, -0.2) is 13.6 Å². The zero-order valence-electron chi connectivity index (χ0n) is 16.8. The van der Waals surface area contributed by atoms with Gasteiger partial charge in [-0.15, -0.1) is 0 Å². The third-order valence-corrected chi connectivity index (χ3v) is 6.10. The van der Waals surface area contributed by atoms with Gasteiger partial charge in [0.2, 0.25) is 5.91 Å². The van der Waals surface area contributed by atoms with Crippen molar-refractivity contribution in [2.45, 2.75) is 19.0 Å². The summed E-state index contributed by atoms with van der Waals surface area (Å²) in [4.78, 5) is 32.8. The Labute approximate surface area is 177 Å². The minimum absolute atomic E-state index is 0.0401. The number of anilines is 1. The van der Waals surface area contributed by atoms with E-state index >= 15 is 0 Å². The molecule has 3 heterocycles. The molecule has 1 N–H and O–H groups in total. The molecular formula is C22H20F2N4O3. The molecule has 2 atom stereocenters. The molecule has 1 aliphatic carbocycles. The number of nitrogens with one attached hydrogen (secondary N) is 1. The highest BCUT2D eigenvalue weighted by atomic mass is 19.2. The summed E-state index contributed by atoms with van der Waals surface area (Å²) in [5.41, 5.74) is 2.03. The number of ether oxygens (including phenoxy) is 1. The lowest BCUT2D eigenvalue weighted by Gasteiger charge is -2.33. The molecule has 0 spiro atoms. The molecule has 1 aromatic heterocycles. The largest absolute Gasteiger partial charge is 0.495 e. The lowest BCUT2D eigenvalue weighted by Crippen LogP contribution is -2.48. The van der Waals surface area contributed by atoms with Gasteiger partial charge in [-0.1, -0.05) is 6.08 Å². The van der Waals surface area contributed by atoms with E-state index in [1.807, 2.05) is 12.1 Å². The normalized spacial score (nSPS) is 21.6. The maximum atomic E-state index is 14.2. The zero-order chi connectivity index (χ0) is 21.7. The van der Waals surface area contributed by atoms with E-state index in [4.69, 9.17) is 4.74 Å². The topological polar surface area (TPSA) is 74.8 Å². The van der Waals surface area contributed by atoms with Crippen molar-refractivity contribution in [2.24, 2.45) is 5.92 Å². The number of pyridine rings is 1. The average Bonchev–Trinajstić information content (AvgIpc) is 3.39. The van der Waals surface area contributed by atoms with E-state index in [1.165, 1.54) is 11.0 Å². The third kappa shape index (κ3) is 3.30. The SMILES string of the molecule is COc1ccc(C2=C[C@@H]3C[C@H]2N(C(=O)CN2Cc4c(ccc(F)c4F)NC2=O)C3)nc1. The molecule has 31 heavy (non-hydrogen) atoms. The van der Waals surface area contributed by atoms with Crippen LogP contribution in [-0.2, 0) is 11.3 Å². The number of urea groups is 1. The summed E-state index contributed by atoms with van der Waals surface area (Å²) in [6.07, 6.45) is 4.59. The van der Waals surface area contributed by atoms with Crippen molar-refractivity contribution in [1.82, 2.24) is 14.8 Å². The van der Waals surface area contributed by atoms with Crippen LogP contribution in [0.5, 0.6) is 5.75 Å². The number of carbonyl (C=O) groups excluding carboxylic acids is 2. The second-order valence-electron chi connectivity index (χ2n) is 7.94. The number of halogens is 2. The van der Waals surface area contributed by atoms with E-state index in [1.54, 1.807) is 18.2 Å². The van der Waals surface area contributed by atoms with Crippen molar-refractivity contribution in [1.29, 1.82) is 0 Å². The smallest absolute Gasteiger partial charge is 0.322 e. The molecule has 0 unspecified atom stereocenters. The van der Waals surface area contributed by atoms with Crippen LogP contribution >= 0.6 is 0 Å². The quantitative estimate of drug-likeness (QED) is 0.816. The van der Waals surface area contributed by atoms with E-state index in [0.717, 1.165) is 23.8 Å². The molecule has 7 nitrogen and oxygen atoms in total. The van der Waals surface area contributed by atoms with Gasteiger partial charge in [-0.05, 0) is 42.2 Å². The van der Waals surface area contributed by atoms with E-state index in [-0.39, 0.29) is 42.2 Å². The summed E-state index contributed by atoms with van der Waals surface area (Å²) in [6.45, 7) is 0.188. The Bertz CT molecular complexity index is 1100. The van der Waals surface area contributed by atoms with Crippen molar-refractivity contribution in [3.63, 3.8) is 0 Å². The second kappa shape index (κ2) is 7.33. The first kappa shape index (κ1) is 19.5. The summed E-state index contributed by atoms with van der Waals surface area (Å²) < 4.78 is 32.9. The molecule has 2 aliphatic heterocycles. The maximum absolute atomic E-state index is 14.2. The highest BCUT2D eigenvalue weighted by Crippen LogP contribution is 2.41. The number of aromatic nitrogens is 1. The zero-order valence-corrected chi connectivity index (χ0v) is 16.8. The molecule has 9 heteroatoms. The Balaban J connectivity index is 1.31. The first-order valence-electron chi connectivity index (χ1n) is 9.99. The van der Waals surface area contributed by atoms with Crippen molar-refractivity contribution in [3.05, 3.63) is 59.4 Å². The van der Waals surface area contributed by atoms with E-state index < -0.39 is 17.7 Å². The average molecular weight is 426 g/mol. The minimum Gasteiger partial charge on any atom is -0.495 e. The molecule has 3 amide bonds. The maximum Gasteiger partial charge on any atom is 0.322 e. The van der Waals surface area contributed by atoms with Crippen LogP contribution < -0.4 is 10.1 Å². The van der Waals surface area contributed by atoms with Gasteiger partial charge in [0.1, 0.15) is 12.3 Å². The fraction of sp³-hybridized carbons (Fsp3) is 0.318. The van der Waals surface area contributed by atoms with Crippen molar-refractivity contribution >= 4 is 23.2 Å². The monoisotopic (exact) mass is 426 g/mol. The van der Waals surface area contributed by atoms with Crippen molar-refractivity contribution < 1.29 is 23.1 Å². The van der Waals surface area contributed by atoms with Crippen LogP contribution in [0.3, 0.4) is 0 Å². The summed E-state index contributed by atoms with van der Waals surface area (Å²) >= 11 is 0. The number of amides is 3. The number of fused-ring (bicyclic) bond motifs is 3. The fourth-order valence-electron chi connectivity index (χ4n) is 4.56. The number of hydrogen-bond donors (Lipinski definition) is 1. The molecule has 1 fully saturated rings. The lowest BCUT2D eigenvalue weighted by atomic mass is 10.0. The highest BCUT2D eigenvalue weighted by Gasteiger charge is 2.43. The van der Waals surface area contributed by atoms with Crippen LogP contribution in [0, 0.1) is 17.6 Å². The molecular weight excluding hydrogens is 406 g/mol. The van der Waals surface area contributed by atoms with Gasteiger partial charge in [0.15, 0.2) is 11.6 Å². The van der Waals surface area contributed by atoms with Gasteiger partial charge in [0.25, 0.3) is 0 Å². The van der Waals surface area contributed by atoms with Crippen LogP contribution in [0.2, 0.25) is 0 Å². The van der Waals surface area contributed by atoms with Crippen LogP contribution in [0.25, 0.3) is 5.57 Å². The van der Waals surface area contributed by atoms with E-state index in [2.05, 4.69) is 16.4 Å². The van der Waals surface area contributed by atoms with E-state index in [9.17, 15) is 18.4 Å². The van der Waals surface area contributed by atoms with Crippen LogP contribution in [0.4, 0.5) is 19.3 Å². The van der Waals surface area contributed by atoms with Crippen LogP contribution in [0.15, 0.2) is 36.5 Å². The van der Waals surface area contributed by atoms with Gasteiger partial charge in [-0.3, -0.25) is 9.78 Å². The Morgan fingerprint density at radius 3 is 2.84 bits per heavy atom. The van der Waals surface area contributed by atoms with Crippen LogP contribution in [-0.4, -0.2) is 53.0 Å². The summed E-state index contributed by atoms with van der Waals surface area (Å²) in [7, 11) is 1.57. The standard InChI is InChI=1S/C22H20F2N4O3/c1-31-13-2-4-17(25-8-13)14-6-12-7-19(14)28(9-12)20(29)11-27-10-15-18(26-22(27)30)5-3-16(23)21(15)24/h2-6,8,12,19H,7,9-11H2,1H3,(H,26,30)/t12-,19-/m1/s1. The molecule has 5 rings (SSSR count). The molecule has 2 aromatic rings. The fourth-order valence-corrected chi connectivity index (χ4v) is 4.56. The number of methoxy groups -OCH3 is 1. The first-order valence-corrected chi connectivity index (χ1v) is 9.99. The second-order valence-corrected chi connectivity index (χ2v) is 7.94. The van der Waals surface area contributed by atoms with Gasteiger partial charge in [0.05, 0.1) is 37.3 Å². The van der Waals surface area contributed by atoms with Gasteiger partial charge in [-0.2, -0.15) is 0 Å². The third-order valence-electron chi connectivity index (χ3n) is 6.10. The lowest BCUT2D eigenvalue weighted by molar-refractivity contribution is -0.132. The van der Waals surface area contributed by atoms with Crippen LogP contribution in [0.1, 0.15) is 17.7 Å². The molecule has 0 radical (unpaired) electrons. The Morgan fingerprint density at radius 2 is 2.13 bits per heavy atom. The number of rotatable bonds is 4. The van der Waals surface area contributed by atoms with Gasteiger partial charge < -0.3 is 19.9 Å². The van der Waals surface area contributed by atoms with E-state index in [0.29, 0.717) is 12.3 Å². The van der Waals surface area contributed by atoms with Crippen molar-refractivity contribution in [2.75, 3.05) is 25.5 Å². The Hall–Kier alpha value is -3.49. The highest BCUT2D eigenvalue weighted by molar-refractivity contribution is 5.95. The molecule has 3 aliphatic rings. The number of benzene rings is 1. The number of carbonyl (C=O) groups is 2. The summed E-state index contributed by atoms with van der Waals surface area (Å²) in [6, 6.07) is 5.35. The molecule has 1 aromatic carbocycles. The molecule has 1 saturated heterocycles. The van der Waals surface area contributed by atoms with Gasteiger partial charge >= 0.3 is 6.03 Å². The minimum atomic E-state index is -1.01. The number of nitrogens with zero attached hydrogens (tertiary/aromatic N) is 3. The molecule has 160 valence electrons. The predicted octanol–water partition coefficient (Wildman–Crippen LogP) is 3.03. The van der Waals surface area contributed by atoms with Crippen molar-refractivity contribution in [3.8, 4) is 5.75 Å². The first-order chi connectivity index (χ1) is 14.9. The Kier molecular flexibility index (Phi) is 4.60. The summed E-state index contributed by atoms with van der Waals surface area (Å²) in [5.74, 6) is -1.34. The number of likely N-dealkylation sites (tertiary alicyclic amines) is 1. The molecule has 0 saturated carbocycles. The Morgan fingerprint density at radius 1 is 1.29 bits per heavy atom. The van der Waals surface area contributed by atoms with Gasteiger partial charge in [0, 0.05) is 12.1 Å². The number of hydrogen-bond acceptors (Lipinski definition) is 4.